The summed E-state index contributed by atoms with van der Waals surface area (Å²) in [7, 11) is 0. The van der Waals surface area contributed by atoms with E-state index in [0.29, 0.717) is 25.7 Å². The van der Waals surface area contributed by atoms with Gasteiger partial charge in [0.25, 0.3) is 5.91 Å². The smallest absolute Gasteiger partial charge is 0.340 e. The summed E-state index contributed by atoms with van der Waals surface area (Å²) in [6, 6.07) is 13.3. The number of benzene rings is 2. The summed E-state index contributed by atoms with van der Waals surface area (Å²) in [5.41, 5.74) is 0.980. The van der Waals surface area contributed by atoms with Gasteiger partial charge in [-0.15, -0.1) is 10.2 Å². The zero-order valence-electron chi connectivity index (χ0n) is 16.3. The number of amides is 2. The number of anilines is 2. The van der Waals surface area contributed by atoms with Crippen LogP contribution in [0, 0.1) is 0 Å². The summed E-state index contributed by atoms with van der Waals surface area (Å²) in [4.78, 5) is 36.6. The Bertz CT molecular complexity index is 1110. The van der Waals surface area contributed by atoms with Crippen LogP contribution >= 0.6 is 34.7 Å². The number of hydrogen-bond donors (Lipinski definition) is 2. The van der Waals surface area contributed by atoms with Gasteiger partial charge in [-0.25, -0.2) is 4.79 Å². The highest BCUT2D eigenvalue weighted by Crippen LogP contribution is 2.27. The SMILES string of the molecule is CCOC(=O)c1ccccc1NC(=O)CSc1nnc(NC(=O)c2ccccc2Cl)s1. The number of carbonyl (C=O) groups excluding carboxylic acids is 3. The lowest BCUT2D eigenvalue weighted by molar-refractivity contribution is -0.113. The van der Waals surface area contributed by atoms with Crippen LogP contribution in [-0.2, 0) is 9.53 Å². The molecule has 0 saturated carbocycles. The Hall–Kier alpha value is -2.95. The normalized spacial score (nSPS) is 10.4. The topological polar surface area (TPSA) is 110 Å². The summed E-state index contributed by atoms with van der Waals surface area (Å²) in [6.45, 7) is 1.95. The predicted molar refractivity (Wildman–Crippen MR) is 121 cm³/mol. The highest BCUT2D eigenvalue weighted by molar-refractivity contribution is 8.01. The molecule has 8 nitrogen and oxygen atoms in total. The fourth-order valence-electron chi connectivity index (χ4n) is 2.42. The predicted octanol–water partition coefficient (Wildman–Crippen LogP) is 4.35. The Morgan fingerprint density at radius 1 is 1.03 bits per heavy atom. The van der Waals surface area contributed by atoms with Gasteiger partial charge in [-0.3, -0.25) is 14.9 Å². The van der Waals surface area contributed by atoms with Gasteiger partial charge in [-0.2, -0.15) is 0 Å². The Balaban J connectivity index is 1.55. The number of ether oxygens (including phenoxy) is 1. The fourth-order valence-corrected chi connectivity index (χ4v) is 4.19. The minimum absolute atomic E-state index is 0.0459. The van der Waals surface area contributed by atoms with Crippen LogP contribution in [0.1, 0.15) is 27.6 Å². The summed E-state index contributed by atoms with van der Waals surface area (Å²) >= 11 is 8.31. The van der Waals surface area contributed by atoms with E-state index in [9.17, 15) is 14.4 Å². The highest BCUT2D eigenvalue weighted by Gasteiger charge is 2.16. The summed E-state index contributed by atoms with van der Waals surface area (Å²) in [5, 5.41) is 13.8. The molecule has 3 rings (SSSR count). The first kappa shape index (κ1) is 22.7. The molecule has 0 unspecified atom stereocenters. The number of aromatic nitrogens is 2. The lowest BCUT2D eigenvalue weighted by Gasteiger charge is -2.09. The number of nitrogens with one attached hydrogen (secondary N) is 2. The van der Waals surface area contributed by atoms with Crippen molar-refractivity contribution in [3.63, 3.8) is 0 Å². The van der Waals surface area contributed by atoms with Crippen LogP contribution < -0.4 is 10.6 Å². The molecule has 2 amide bonds. The molecule has 0 saturated heterocycles. The number of rotatable bonds is 8. The van der Waals surface area contributed by atoms with E-state index in [1.165, 1.54) is 0 Å². The van der Waals surface area contributed by atoms with Crippen molar-refractivity contribution in [1.29, 1.82) is 0 Å². The van der Waals surface area contributed by atoms with E-state index >= 15 is 0 Å². The largest absolute Gasteiger partial charge is 0.462 e. The van der Waals surface area contributed by atoms with Crippen LogP contribution in [0.25, 0.3) is 0 Å². The van der Waals surface area contributed by atoms with Crippen LogP contribution in [-0.4, -0.2) is 40.3 Å². The molecule has 3 aromatic rings. The number of hydrogen-bond acceptors (Lipinski definition) is 8. The molecule has 2 N–H and O–H groups in total. The Labute approximate surface area is 191 Å². The van der Waals surface area contributed by atoms with Gasteiger partial charge in [-0.1, -0.05) is 59.0 Å². The number of para-hydroxylation sites is 1. The zero-order valence-corrected chi connectivity index (χ0v) is 18.6. The van der Waals surface area contributed by atoms with Crippen molar-refractivity contribution < 1.29 is 19.1 Å². The molecule has 2 aromatic carbocycles. The van der Waals surface area contributed by atoms with Crippen LogP contribution in [0.4, 0.5) is 10.8 Å². The number of esters is 1. The van der Waals surface area contributed by atoms with Crippen molar-refractivity contribution in [2.24, 2.45) is 0 Å². The average Bonchev–Trinajstić information content (AvgIpc) is 3.20. The molecular formula is C20H17ClN4O4S2. The molecule has 11 heteroatoms. The number of carbonyl (C=O) groups is 3. The van der Waals surface area contributed by atoms with E-state index in [1.807, 2.05) is 0 Å². The Kier molecular flexibility index (Phi) is 7.99. The maximum Gasteiger partial charge on any atom is 0.340 e. The maximum absolute atomic E-state index is 12.3. The number of halogens is 1. The number of thioether (sulfide) groups is 1. The van der Waals surface area contributed by atoms with E-state index in [4.69, 9.17) is 16.3 Å². The quantitative estimate of drug-likeness (QED) is 0.282. The second-order valence-electron chi connectivity index (χ2n) is 5.91. The molecule has 1 heterocycles. The van der Waals surface area contributed by atoms with E-state index in [1.54, 1.807) is 55.5 Å². The van der Waals surface area contributed by atoms with Gasteiger partial charge in [-0.05, 0) is 31.2 Å². The van der Waals surface area contributed by atoms with Crippen molar-refractivity contribution in [3.8, 4) is 0 Å². The highest BCUT2D eigenvalue weighted by atomic mass is 35.5. The first-order valence-corrected chi connectivity index (χ1v) is 11.2. The average molecular weight is 477 g/mol. The van der Waals surface area contributed by atoms with E-state index < -0.39 is 11.9 Å². The molecule has 0 bridgehead atoms. The Morgan fingerprint density at radius 2 is 1.74 bits per heavy atom. The van der Waals surface area contributed by atoms with Crippen LogP contribution in [0.2, 0.25) is 5.02 Å². The van der Waals surface area contributed by atoms with Gasteiger partial charge >= 0.3 is 5.97 Å². The van der Waals surface area contributed by atoms with E-state index in [0.717, 1.165) is 23.1 Å². The van der Waals surface area contributed by atoms with Crippen LogP contribution in [0.3, 0.4) is 0 Å². The lowest BCUT2D eigenvalue weighted by atomic mass is 10.2. The fraction of sp³-hybridized carbons (Fsp3) is 0.150. The van der Waals surface area contributed by atoms with Gasteiger partial charge in [0, 0.05) is 0 Å². The van der Waals surface area contributed by atoms with E-state index in [2.05, 4.69) is 20.8 Å². The van der Waals surface area contributed by atoms with Gasteiger partial charge in [0.15, 0.2) is 4.34 Å². The van der Waals surface area contributed by atoms with E-state index in [-0.39, 0.29) is 23.8 Å². The van der Waals surface area contributed by atoms with Gasteiger partial charge in [0.1, 0.15) is 0 Å². The Morgan fingerprint density at radius 3 is 2.48 bits per heavy atom. The summed E-state index contributed by atoms with van der Waals surface area (Å²) in [5.74, 6) is -1.18. The molecule has 0 aliphatic rings. The molecule has 0 atom stereocenters. The molecular weight excluding hydrogens is 460 g/mol. The van der Waals surface area contributed by atoms with Crippen LogP contribution in [0.5, 0.6) is 0 Å². The molecule has 160 valence electrons. The summed E-state index contributed by atoms with van der Waals surface area (Å²) < 4.78 is 5.50. The maximum atomic E-state index is 12.3. The molecule has 0 aliphatic carbocycles. The van der Waals surface area contributed by atoms with Crippen molar-refractivity contribution in [2.45, 2.75) is 11.3 Å². The molecule has 31 heavy (non-hydrogen) atoms. The summed E-state index contributed by atoms with van der Waals surface area (Å²) in [6.07, 6.45) is 0. The lowest BCUT2D eigenvalue weighted by Crippen LogP contribution is -2.17. The van der Waals surface area contributed by atoms with Crippen molar-refractivity contribution >= 4 is 63.3 Å². The first-order valence-electron chi connectivity index (χ1n) is 9.06. The minimum atomic E-state index is -0.505. The molecule has 0 spiro atoms. The number of nitrogens with zero attached hydrogens (tertiary/aromatic N) is 2. The van der Waals surface area contributed by atoms with Gasteiger partial charge in [0.2, 0.25) is 11.0 Å². The third-order valence-corrected chi connectivity index (χ3v) is 6.07. The van der Waals surface area contributed by atoms with Crippen molar-refractivity contribution in [3.05, 3.63) is 64.7 Å². The molecule has 0 fully saturated rings. The minimum Gasteiger partial charge on any atom is -0.462 e. The second kappa shape index (κ2) is 10.9. The first-order chi connectivity index (χ1) is 15.0. The van der Waals surface area contributed by atoms with Crippen molar-refractivity contribution in [2.75, 3.05) is 23.0 Å². The molecule has 0 radical (unpaired) electrons. The standard InChI is InChI=1S/C20H17ClN4O4S2/c1-2-29-18(28)13-8-4-6-10-15(13)22-16(26)11-30-20-25-24-19(31-20)23-17(27)12-7-3-5-9-14(12)21/h3-10H,2,11H2,1H3,(H,22,26)(H,23,24,27). The molecule has 1 aromatic heterocycles. The third-order valence-electron chi connectivity index (χ3n) is 3.77. The van der Waals surface area contributed by atoms with Gasteiger partial charge < -0.3 is 10.1 Å². The third kappa shape index (κ3) is 6.27. The second-order valence-corrected chi connectivity index (χ2v) is 8.52. The van der Waals surface area contributed by atoms with Crippen molar-refractivity contribution in [1.82, 2.24) is 10.2 Å². The zero-order chi connectivity index (χ0) is 22.2. The molecule has 0 aliphatic heterocycles. The van der Waals surface area contributed by atoms with Crippen LogP contribution in [0.15, 0.2) is 52.9 Å². The van der Waals surface area contributed by atoms with Gasteiger partial charge in [0.05, 0.1) is 34.2 Å². The monoisotopic (exact) mass is 476 g/mol.